The molecule has 0 saturated heterocycles. The van der Waals surface area contributed by atoms with Crippen LogP contribution in [0.15, 0.2) is 6.20 Å². The second kappa shape index (κ2) is 4.11. The molecule has 0 unspecified atom stereocenters. The van der Waals surface area contributed by atoms with Crippen molar-refractivity contribution in [3.8, 4) is 0 Å². The monoisotopic (exact) mass is 162 g/mol. The summed E-state index contributed by atoms with van der Waals surface area (Å²) in [5.41, 5.74) is 7.39. The first-order valence-electron chi connectivity index (χ1n) is 3.96. The summed E-state index contributed by atoms with van der Waals surface area (Å²) < 4.78 is 0. The van der Waals surface area contributed by atoms with Crippen molar-refractivity contribution >= 4 is 27.2 Å². The summed E-state index contributed by atoms with van der Waals surface area (Å²) in [6.45, 7) is 0.877. The van der Waals surface area contributed by atoms with Crippen LogP contribution >= 0.6 is 0 Å². The highest BCUT2D eigenvalue weighted by Gasteiger charge is 2.00. The summed E-state index contributed by atoms with van der Waals surface area (Å²) in [4.78, 5) is 8.30. The molecule has 0 radical (unpaired) electrons. The Bertz CT molecular complexity index is 266. The largest absolute Gasteiger partial charge is 0.382 e. The molecule has 0 atom stereocenters. The van der Waals surface area contributed by atoms with Crippen LogP contribution in [0.1, 0.15) is 5.69 Å². The SMILES string of the molecule is BNCCc1ncc(B)nc1N. The number of nitrogens with two attached hydrogens (primary N) is 1. The van der Waals surface area contributed by atoms with Crippen molar-refractivity contribution in [2.24, 2.45) is 0 Å². The Labute approximate surface area is 73.8 Å². The first kappa shape index (κ1) is 9.06. The fourth-order valence-electron chi connectivity index (χ4n) is 0.957. The van der Waals surface area contributed by atoms with Crippen LogP contribution in [-0.4, -0.2) is 32.3 Å². The van der Waals surface area contributed by atoms with Crippen molar-refractivity contribution in [2.45, 2.75) is 6.42 Å². The van der Waals surface area contributed by atoms with E-state index in [4.69, 9.17) is 5.73 Å². The molecular weight excluding hydrogens is 150 g/mol. The molecule has 0 aromatic carbocycles. The van der Waals surface area contributed by atoms with Gasteiger partial charge in [0.25, 0.3) is 0 Å². The van der Waals surface area contributed by atoms with Crippen LogP contribution < -0.4 is 16.6 Å². The Balaban J connectivity index is 2.72. The van der Waals surface area contributed by atoms with Crippen molar-refractivity contribution in [3.05, 3.63) is 11.9 Å². The van der Waals surface area contributed by atoms with Gasteiger partial charge in [-0.05, 0) is 6.54 Å². The highest BCUT2D eigenvalue weighted by molar-refractivity contribution is 6.30. The van der Waals surface area contributed by atoms with E-state index in [0.29, 0.717) is 5.82 Å². The summed E-state index contributed by atoms with van der Waals surface area (Å²) in [7, 11) is 3.78. The van der Waals surface area contributed by atoms with Gasteiger partial charge in [0.2, 0.25) is 0 Å². The van der Waals surface area contributed by atoms with E-state index in [9.17, 15) is 0 Å². The minimum absolute atomic E-state index is 0.547. The van der Waals surface area contributed by atoms with E-state index in [1.54, 1.807) is 6.20 Å². The third kappa shape index (κ3) is 2.23. The highest BCUT2D eigenvalue weighted by atomic mass is 14.9. The number of hydrogen-bond acceptors (Lipinski definition) is 4. The van der Waals surface area contributed by atoms with E-state index in [2.05, 4.69) is 15.2 Å². The lowest BCUT2D eigenvalue weighted by molar-refractivity contribution is 0.865. The Morgan fingerprint density at radius 3 is 2.92 bits per heavy atom. The standard InChI is InChI=1S/C6H12B2N4/c7-5-3-10-4(1-2-11-8)6(9)12-5/h3,11H,1-2,7-8H2,(H2,9,12). The molecule has 4 nitrogen and oxygen atoms in total. The lowest BCUT2D eigenvalue weighted by Crippen LogP contribution is -2.18. The lowest BCUT2D eigenvalue weighted by Gasteiger charge is -2.03. The van der Waals surface area contributed by atoms with Crippen molar-refractivity contribution in [1.82, 2.24) is 15.2 Å². The number of nitrogens with one attached hydrogen (secondary N) is 1. The van der Waals surface area contributed by atoms with E-state index in [1.807, 2.05) is 15.8 Å². The van der Waals surface area contributed by atoms with E-state index < -0.39 is 0 Å². The van der Waals surface area contributed by atoms with Gasteiger partial charge in [0.15, 0.2) is 15.8 Å². The molecule has 1 aromatic rings. The van der Waals surface area contributed by atoms with Crippen molar-refractivity contribution in [3.63, 3.8) is 0 Å². The van der Waals surface area contributed by atoms with Gasteiger partial charge in [0.05, 0.1) is 5.69 Å². The Hall–Kier alpha value is -1.03. The minimum atomic E-state index is 0.547. The zero-order valence-corrected chi connectivity index (χ0v) is 7.46. The maximum atomic E-state index is 5.66. The van der Waals surface area contributed by atoms with Crippen LogP contribution in [-0.2, 0) is 6.42 Å². The van der Waals surface area contributed by atoms with Gasteiger partial charge in [-0.25, -0.2) is 4.98 Å². The third-order valence-electron chi connectivity index (χ3n) is 1.61. The van der Waals surface area contributed by atoms with Gasteiger partial charge in [-0.15, -0.1) is 0 Å². The zero-order valence-electron chi connectivity index (χ0n) is 7.46. The molecule has 0 spiro atoms. The van der Waals surface area contributed by atoms with Gasteiger partial charge in [-0.1, -0.05) is 0 Å². The van der Waals surface area contributed by atoms with E-state index in [1.165, 1.54) is 0 Å². The molecule has 0 saturated carbocycles. The fraction of sp³-hybridized carbons (Fsp3) is 0.333. The Morgan fingerprint density at radius 1 is 1.58 bits per heavy atom. The summed E-state index contributed by atoms with van der Waals surface area (Å²) in [6, 6.07) is 0. The first-order chi connectivity index (χ1) is 5.74. The average molecular weight is 162 g/mol. The number of rotatable bonds is 3. The van der Waals surface area contributed by atoms with Crippen LogP contribution in [0.2, 0.25) is 0 Å². The number of nitrogen functional groups attached to an aromatic ring is 1. The normalized spacial score (nSPS) is 10.0. The summed E-state index contributed by atoms with van der Waals surface area (Å²) in [5, 5.41) is 3.03. The molecule has 1 heterocycles. The predicted molar refractivity (Wildman–Crippen MR) is 54.9 cm³/mol. The van der Waals surface area contributed by atoms with Crippen LogP contribution in [0.25, 0.3) is 0 Å². The average Bonchev–Trinajstić information content (AvgIpc) is 2.03. The number of hydrogen-bond donors (Lipinski definition) is 2. The predicted octanol–water partition coefficient (Wildman–Crippen LogP) is -3.00. The van der Waals surface area contributed by atoms with Gasteiger partial charge in [-0.3, -0.25) is 4.98 Å². The lowest BCUT2D eigenvalue weighted by atomic mass is 10.1. The van der Waals surface area contributed by atoms with E-state index in [0.717, 1.165) is 24.3 Å². The van der Waals surface area contributed by atoms with Crippen LogP contribution in [0, 0.1) is 0 Å². The van der Waals surface area contributed by atoms with Gasteiger partial charge >= 0.3 is 0 Å². The molecule has 0 amide bonds. The molecule has 1 rings (SSSR count). The third-order valence-corrected chi connectivity index (χ3v) is 1.61. The fourth-order valence-corrected chi connectivity index (χ4v) is 0.957. The van der Waals surface area contributed by atoms with Crippen LogP contribution in [0.5, 0.6) is 0 Å². The maximum Gasteiger partial charge on any atom is 0.181 e. The second-order valence-corrected chi connectivity index (χ2v) is 2.70. The number of nitrogens with zero attached hydrogens (tertiary/aromatic N) is 2. The van der Waals surface area contributed by atoms with E-state index in [-0.39, 0.29) is 0 Å². The molecular formula is C6H12B2N4. The minimum Gasteiger partial charge on any atom is -0.382 e. The highest BCUT2D eigenvalue weighted by Crippen LogP contribution is 2.00. The molecule has 0 aliphatic rings. The van der Waals surface area contributed by atoms with Gasteiger partial charge in [0, 0.05) is 18.2 Å². The smallest absolute Gasteiger partial charge is 0.181 e. The molecule has 0 aliphatic carbocycles. The van der Waals surface area contributed by atoms with Crippen molar-refractivity contribution < 1.29 is 0 Å². The Kier molecular flexibility index (Phi) is 3.10. The molecule has 0 bridgehead atoms. The maximum absolute atomic E-state index is 5.66. The topological polar surface area (TPSA) is 63.8 Å². The zero-order chi connectivity index (χ0) is 8.97. The molecule has 62 valence electrons. The van der Waals surface area contributed by atoms with Crippen molar-refractivity contribution in [1.29, 1.82) is 0 Å². The molecule has 0 aliphatic heterocycles. The summed E-state index contributed by atoms with van der Waals surface area (Å²) in [5.74, 6) is 0.547. The van der Waals surface area contributed by atoms with Crippen molar-refractivity contribution in [2.75, 3.05) is 12.3 Å². The van der Waals surface area contributed by atoms with Gasteiger partial charge < -0.3 is 11.0 Å². The van der Waals surface area contributed by atoms with Crippen LogP contribution in [0.4, 0.5) is 5.82 Å². The van der Waals surface area contributed by atoms with E-state index >= 15 is 0 Å². The quantitative estimate of drug-likeness (QED) is 0.464. The molecule has 12 heavy (non-hydrogen) atoms. The number of anilines is 1. The van der Waals surface area contributed by atoms with Crippen LogP contribution in [0.3, 0.4) is 0 Å². The summed E-state index contributed by atoms with van der Waals surface area (Å²) >= 11 is 0. The summed E-state index contributed by atoms with van der Waals surface area (Å²) in [6.07, 6.45) is 2.57. The molecule has 1 aromatic heterocycles. The molecule has 3 N–H and O–H groups in total. The first-order valence-corrected chi connectivity index (χ1v) is 3.96. The van der Waals surface area contributed by atoms with Gasteiger partial charge in [0.1, 0.15) is 5.82 Å². The Morgan fingerprint density at radius 2 is 2.33 bits per heavy atom. The number of aromatic nitrogens is 2. The second-order valence-electron chi connectivity index (χ2n) is 2.70. The van der Waals surface area contributed by atoms with Gasteiger partial charge in [-0.2, -0.15) is 0 Å². The molecule has 6 heteroatoms. The molecule has 0 fully saturated rings.